The number of hydrogen-bond donors (Lipinski definition) is 4. The molecule has 1 aromatic heterocycles. The molecule has 0 spiro atoms. The molecule has 0 radical (unpaired) electrons. The number of carbonyl (C=O) groups is 2. The summed E-state index contributed by atoms with van der Waals surface area (Å²) in [6.07, 6.45) is 5.38. The third kappa shape index (κ3) is 3.60. The summed E-state index contributed by atoms with van der Waals surface area (Å²) in [7, 11) is 1.67. The largest absolute Gasteiger partial charge is 0.393 e. The van der Waals surface area contributed by atoms with Crippen LogP contribution in [0, 0.1) is 11.2 Å². The molecule has 1 unspecified atom stereocenters. The number of pyridine rings is 1. The number of nitrogens with zero attached hydrogens (tertiary/aromatic N) is 2. The van der Waals surface area contributed by atoms with Gasteiger partial charge in [-0.1, -0.05) is 6.58 Å². The minimum atomic E-state index is -0.540. The van der Waals surface area contributed by atoms with Crippen LogP contribution in [0.3, 0.4) is 0 Å². The van der Waals surface area contributed by atoms with Crippen molar-refractivity contribution in [1.82, 2.24) is 20.9 Å². The maximum absolute atomic E-state index is 15.2. The van der Waals surface area contributed by atoms with Gasteiger partial charge in [-0.05, 0) is 18.9 Å². The van der Waals surface area contributed by atoms with Crippen LogP contribution in [0.1, 0.15) is 34.5 Å². The Kier molecular flexibility index (Phi) is 5.72. The number of halogens is 1. The van der Waals surface area contributed by atoms with E-state index in [9.17, 15) is 9.59 Å². The van der Waals surface area contributed by atoms with Crippen LogP contribution in [0.2, 0.25) is 0 Å². The Balaban J connectivity index is 2.03. The van der Waals surface area contributed by atoms with Crippen molar-refractivity contribution in [2.24, 2.45) is 0 Å². The molecular weight excluding hydrogens is 363 g/mol. The van der Waals surface area contributed by atoms with Gasteiger partial charge < -0.3 is 26.3 Å². The summed E-state index contributed by atoms with van der Waals surface area (Å²) >= 11 is 0. The van der Waals surface area contributed by atoms with Crippen LogP contribution in [0.25, 0.3) is 5.57 Å². The summed E-state index contributed by atoms with van der Waals surface area (Å²) in [5.41, 5.74) is 1.07. The molecule has 8 nitrogen and oxygen atoms in total. The molecule has 4 N–H and O–H groups in total. The predicted octanol–water partition coefficient (Wildman–Crippen LogP) is 0.945. The quantitative estimate of drug-likeness (QED) is 0.430. The zero-order valence-corrected chi connectivity index (χ0v) is 15.6. The number of amides is 2. The molecule has 3 rings (SSSR count). The second-order valence-corrected chi connectivity index (χ2v) is 6.66. The van der Waals surface area contributed by atoms with E-state index in [4.69, 9.17) is 5.41 Å². The third-order valence-electron chi connectivity index (χ3n) is 4.85. The Morgan fingerprint density at radius 2 is 2.29 bits per heavy atom. The molecule has 2 aliphatic heterocycles. The summed E-state index contributed by atoms with van der Waals surface area (Å²) in [5, 5.41) is 16.0. The highest BCUT2D eigenvalue weighted by Crippen LogP contribution is 2.32. The van der Waals surface area contributed by atoms with Crippen molar-refractivity contribution < 1.29 is 14.0 Å². The van der Waals surface area contributed by atoms with Crippen molar-refractivity contribution in [2.75, 3.05) is 25.0 Å². The molecule has 9 heteroatoms. The van der Waals surface area contributed by atoms with E-state index >= 15 is 4.39 Å². The highest BCUT2D eigenvalue weighted by atomic mass is 19.1. The Morgan fingerprint density at radius 3 is 2.96 bits per heavy atom. The standard InChI is InChI=1S/C19H23FN6O2/c1-3-14(27)24-12-5-4-6-26(10-12)18-16(20)13-9-23-19(28)15(13)17(25-18)11(7-21)8-22-2/h3,7-8,12,21-22H,1,4-6,9-10H2,2H3,(H,23,28)(H,24,27)/b11-8+,21-7?. The topological polar surface area (TPSA) is 110 Å². The van der Waals surface area contributed by atoms with Crippen molar-refractivity contribution in [3.05, 3.63) is 41.5 Å². The number of aromatic nitrogens is 1. The first-order valence-corrected chi connectivity index (χ1v) is 9.06. The number of nitrogens with one attached hydrogen (secondary N) is 4. The highest BCUT2D eigenvalue weighted by molar-refractivity contribution is 6.13. The van der Waals surface area contributed by atoms with Gasteiger partial charge in [0.2, 0.25) is 5.91 Å². The zero-order valence-electron chi connectivity index (χ0n) is 15.6. The molecule has 0 bridgehead atoms. The Hall–Kier alpha value is -3.23. The van der Waals surface area contributed by atoms with Crippen molar-refractivity contribution in [1.29, 1.82) is 5.41 Å². The summed E-state index contributed by atoms with van der Waals surface area (Å²) in [6, 6.07) is -0.146. The number of anilines is 1. The van der Waals surface area contributed by atoms with Crippen LogP contribution in [0.15, 0.2) is 18.9 Å². The van der Waals surface area contributed by atoms with Gasteiger partial charge >= 0.3 is 0 Å². The SMILES string of the molecule is C=CC(=O)NC1CCCN(c2nc(/C(C=N)=C/NC)c3c(c2F)CNC3=O)C1. The zero-order chi connectivity index (χ0) is 20.3. The minimum Gasteiger partial charge on any atom is -0.393 e. The van der Waals surface area contributed by atoms with E-state index in [2.05, 4.69) is 27.5 Å². The molecule has 0 aliphatic carbocycles. The number of fused-ring (bicyclic) bond motifs is 1. The monoisotopic (exact) mass is 386 g/mol. The van der Waals surface area contributed by atoms with Gasteiger partial charge in [-0.25, -0.2) is 9.37 Å². The fourth-order valence-electron chi connectivity index (χ4n) is 3.57. The van der Waals surface area contributed by atoms with Crippen LogP contribution < -0.4 is 20.9 Å². The van der Waals surface area contributed by atoms with Crippen LogP contribution >= 0.6 is 0 Å². The van der Waals surface area contributed by atoms with Gasteiger partial charge in [0.25, 0.3) is 5.91 Å². The number of carbonyl (C=O) groups excluding carboxylic acids is 2. The molecular formula is C19H23FN6O2. The lowest BCUT2D eigenvalue weighted by molar-refractivity contribution is -0.117. The fourth-order valence-corrected chi connectivity index (χ4v) is 3.57. The number of allylic oxidation sites excluding steroid dienone is 1. The molecule has 1 saturated heterocycles. The van der Waals surface area contributed by atoms with E-state index in [1.54, 1.807) is 18.1 Å². The maximum atomic E-state index is 15.2. The lowest BCUT2D eigenvalue weighted by atomic mass is 10.0. The van der Waals surface area contributed by atoms with Crippen LogP contribution in [-0.4, -0.2) is 49.2 Å². The molecule has 3 heterocycles. The van der Waals surface area contributed by atoms with Gasteiger partial charge in [-0.3, -0.25) is 9.59 Å². The summed E-state index contributed by atoms with van der Waals surface area (Å²) < 4.78 is 15.2. The lowest BCUT2D eigenvalue weighted by Crippen LogP contribution is -2.48. The molecule has 0 saturated carbocycles. The van der Waals surface area contributed by atoms with Gasteiger partial charge in [0.1, 0.15) is 0 Å². The molecule has 1 atom stereocenters. The number of piperidine rings is 1. The van der Waals surface area contributed by atoms with Gasteiger partial charge in [0, 0.05) is 56.3 Å². The van der Waals surface area contributed by atoms with E-state index in [1.165, 1.54) is 6.08 Å². The van der Waals surface area contributed by atoms with Crippen LogP contribution in [0.4, 0.5) is 10.2 Å². The first-order valence-electron chi connectivity index (χ1n) is 9.06. The Bertz CT molecular complexity index is 866. The second-order valence-electron chi connectivity index (χ2n) is 6.66. The first kappa shape index (κ1) is 19.5. The number of hydrogen-bond acceptors (Lipinski definition) is 6. The minimum absolute atomic E-state index is 0.0812. The van der Waals surface area contributed by atoms with Gasteiger partial charge in [0.05, 0.1) is 11.3 Å². The van der Waals surface area contributed by atoms with E-state index < -0.39 is 11.7 Å². The number of rotatable bonds is 6. The van der Waals surface area contributed by atoms with E-state index in [0.29, 0.717) is 18.7 Å². The molecule has 28 heavy (non-hydrogen) atoms. The molecule has 2 aliphatic rings. The predicted molar refractivity (Wildman–Crippen MR) is 105 cm³/mol. The van der Waals surface area contributed by atoms with Crippen molar-refractivity contribution in [2.45, 2.75) is 25.4 Å². The molecule has 1 aromatic rings. The molecule has 2 amide bonds. The normalized spacial score (nSPS) is 18.9. The maximum Gasteiger partial charge on any atom is 0.254 e. The van der Waals surface area contributed by atoms with E-state index in [0.717, 1.165) is 19.1 Å². The van der Waals surface area contributed by atoms with Gasteiger partial charge in [-0.2, -0.15) is 0 Å². The summed E-state index contributed by atoms with van der Waals surface area (Å²) in [6.45, 7) is 4.52. The summed E-state index contributed by atoms with van der Waals surface area (Å²) in [5.74, 6) is -1.08. The van der Waals surface area contributed by atoms with Crippen LogP contribution in [-0.2, 0) is 11.3 Å². The van der Waals surface area contributed by atoms with Gasteiger partial charge in [0.15, 0.2) is 11.6 Å². The third-order valence-corrected chi connectivity index (χ3v) is 4.85. The highest BCUT2D eigenvalue weighted by Gasteiger charge is 2.33. The Morgan fingerprint density at radius 1 is 1.50 bits per heavy atom. The van der Waals surface area contributed by atoms with Crippen molar-refractivity contribution in [3.8, 4) is 0 Å². The van der Waals surface area contributed by atoms with Gasteiger partial charge in [-0.15, -0.1) is 0 Å². The summed E-state index contributed by atoms with van der Waals surface area (Å²) in [4.78, 5) is 30.1. The lowest BCUT2D eigenvalue weighted by Gasteiger charge is -2.34. The first-order chi connectivity index (χ1) is 13.5. The van der Waals surface area contributed by atoms with E-state index in [-0.39, 0.29) is 41.1 Å². The average molecular weight is 386 g/mol. The molecule has 1 fully saturated rings. The average Bonchev–Trinajstić information content (AvgIpc) is 3.09. The smallest absolute Gasteiger partial charge is 0.254 e. The molecule has 148 valence electrons. The molecule has 0 aromatic carbocycles. The fraction of sp³-hybridized carbons (Fsp3) is 0.368. The van der Waals surface area contributed by atoms with Crippen molar-refractivity contribution >= 4 is 29.4 Å². The second kappa shape index (κ2) is 8.20. The Labute approximate surface area is 162 Å². The van der Waals surface area contributed by atoms with Crippen molar-refractivity contribution in [3.63, 3.8) is 0 Å². The van der Waals surface area contributed by atoms with E-state index in [1.807, 2.05) is 0 Å². The van der Waals surface area contributed by atoms with Crippen LogP contribution in [0.5, 0.6) is 0 Å².